The van der Waals surface area contributed by atoms with Gasteiger partial charge in [-0.05, 0) is 48.1 Å². The van der Waals surface area contributed by atoms with E-state index in [1.165, 1.54) is 12.8 Å². The van der Waals surface area contributed by atoms with Gasteiger partial charge < -0.3 is 9.47 Å². The Morgan fingerprint density at radius 3 is 2.30 bits per heavy atom. The first-order chi connectivity index (χ1) is 11.3. The quantitative estimate of drug-likeness (QED) is 0.797. The van der Waals surface area contributed by atoms with Crippen LogP contribution in [0.2, 0.25) is 0 Å². The van der Waals surface area contributed by atoms with E-state index >= 15 is 0 Å². The molecule has 1 saturated heterocycles. The minimum Gasteiger partial charge on any atom is -0.490 e. The van der Waals surface area contributed by atoms with Crippen LogP contribution in [0.5, 0.6) is 5.75 Å². The first kappa shape index (κ1) is 14.7. The van der Waals surface area contributed by atoms with E-state index in [1.807, 2.05) is 30.3 Å². The zero-order valence-electron chi connectivity index (χ0n) is 13.1. The summed E-state index contributed by atoms with van der Waals surface area (Å²) in [6, 6.07) is 13.4. The van der Waals surface area contributed by atoms with Crippen LogP contribution in [-0.4, -0.2) is 19.3 Å². The molecule has 120 valence electrons. The molecule has 1 heterocycles. The Hall–Kier alpha value is -1.87. The number of ether oxygens (including phenoxy) is 2. The third kappa shape index (κ3) is 3.40. The van der Waals surface area contributed by atoms with Crippen LogP contribution in [0, 0.1) is 5.82 Å². The van der Waals surface area contributed by atoms with Crippen LogP contribution in [0.4, 0.5) is 4.39 Å². The first-order valence-corrected chi connectivity index (χ1v) is 8.44. The fourth-order valence-corrected chi connectivity index (χ4v) is 3.14. The molecule has 1 aliphatic heterocycles. The largest absolute Gasteiger partial charge is 0.490 e. The second kappa shape index (κ2) is 6.32. The molecule has 2 nitrogen and oxygen atoms in total. The van der Waals surface area contributed by atoms with Gasteiger partial charge in [-0.25, -0.2) is 4.39 Å². The fourth-order valence-electron chi connectivity index (χ4n) is 3.14. The molecule has 4 rings (SSSR count). The first-order valence-electron chi connectivity index (χ1n) is 8.44. The van der Waals surface area contributed by atoms with E-state index in [2.05, 4.69) is 6.07 Å². The Labute approximate surface area is 136 Å². The molecule has 2 aliphatic rings. The van der Waals surface area contributed by atoms with Gasteiger partial charge >= 0.3 is 0 Å². The molecule has 2 aromatic carbocycles. The van der Waals surface area contributed by atoms with E-state index in [0.717, 1.165) is 42.9 Å². The lowest BCUT2D eigenvalue weighted by molar-refractivity contribution is 0.0256. The lowest BCUT2D eigenvalue weighted by Gasteiger charge is -2.23. The maximum absolute atomic E-state index is 14.4. The monoisotopic (exact) mass is 312 g/mol. The van der Waals surface area contributed by atoms with Crippen molar-refractivity contribution in [1.29, 1.82) is 0 Å². The van der Waals surface area contributed by atoms with Crippen molar-refractivity contribution in [3.63, 3.8) is 0 Å². The van der Waals surface area contributed by atoms with E-state index in [-0.39, 0.29) is 11.9 Å². The van der Waals surface area contributed by atoms with Crippen LogP contribution < -0.4 is 4.74 Å². The van der Waals surface area contributed by atoms with Crippen molar-refractivity contribution in [2.75, 3.05) is 13.2 Å². The maximum Gasteiger partial charge on any atom is 0.131 e. The highest BCUT2D eigenvalue weighted by Crippen LogP contribution is 2.41. The Kier molecular flexibility index (Phi) is 4.04. The molecule has 0 unspecified atom stereocenters. The molecular weight excluding hydrogens is 291 g/mol. The molecular formula is C20H21FO2. The van der Waals surface area contributed by atoms with Gasteiger partial charge in [0.15, 0.2) is 0 Å². The number of hydrogen-bond acceptors (Lipinski definition) is 2. The Morgan fingerprint density at radius 2 is 1.65 bits per heavy atom. The van der Waals surface area contributed by atoms with Crippen LogP contribution in [0.1, 0.15) is 37.2 Å². The SMILES string of the molecule is Fc1cc(C2CC2)ccc1-c1ccc(OC2CCOCC2)cc1. The fraction of sp³-hybridized carbons (Fsp3) is 0.400. The zero-order chi connectivity index (χ0) is 15.6. The molecule has 0 amide bonds. The molecule has 0 bridgehead atoms. The van der Waals surface area contributed by atoms with E-state index in [0.29, 0.717) is 11.5 Å². The van der Waals surface area contributed by atoms with Gasteiger partial charge in [-0.3, -0.25) is 0 Å². The van der Waals surface area contributed by atoms with Crippen LogP contribution >= 0.6 is 0 Å². The summed E-state index contributed by atoms with van der Waals surface area (Å²) in [6.45, 7) is 1.53. The van der Waals surface area contributed by atoms with Gasteiger partial charge in [-0.1, -0.05) is 24.3 Å². The summed E-state index contributed by atoms with van der Waals surface area (Å²) in [4.78, 5) is 0. The van der Waals surface area contributed by atoms with Gasteiger partial charge in [0.2, 0.25) is 0 Å². The predicted octanol–water partition coefficient (Wildman–Crippen LogP) is 4.93. The van der Waals surface area contributed by atoms with Crippen molar-refractivity contribution >= 4 is 0 Å². The summed E-state index contributed by atoms with van der Waals surface area (Å²) in [6.07, 6.45) is 4.47. The van der Waals surface area contributed by atoms with Crippen molar-refractivity contribution in [3.05, 3.63) is 53.8 Å². The van der Waals surface area contributed by atoms with Crippen molar-refractivity contribution in [1.82, 2.24) is 0 Å². The summed E-state index contributed by atoms with van der Waals surface area (Å²) in [5.74, 6) is 1.29. The van der Waals surface area contributed by atoms with Crippen LogP contribution in [0.15, 0.2) is 42.5 Å². The molecule has 0 radical (unpaired) electrons. The zero-order valence-corrected chi connectivity index (χ0v) is 13.1. The number of rotatable bonds is 4. The van der Waals surface area contributed by atoms with Crippen LogP contribution in [0.25, 0.3) is 11.1 Å². The molecule has 1 aliphatic carbocycles. The van der Waals surface area contributed by atoms with Gasteiger partial charge in [0.1, 0.15) is 17.7 Å². The van der Waals surface area contributed by atoms with Gasteiger partial charge in [-0.2, -0.15) is 0 Å². The molecule has 2 aromatic rings. The van der Waals surface area contributed by atoms with Gasteiger partial charge in [0.05, 0.1) is 13.2 Å². The summed E-state index contributed by atoms with van der Waals surface area (Å²) in [5, 5.41) is 0. The summed E-state index contributed by atoms with van der Waals surface area (Å²) >= 11 is 0. The summed E-state index contributed by atoms with van der Waals surface area (Å²) in [7, 11) is 0. The molecule has 3 heteroatoms. The smallest absolute Gasteiger partial charge is 0.131 e. The van der Waals surface area contributed by atoms with Crippen molar-refractivity contribution in [2.45, 2.75) is 37.7 Å². The van der Waals surface area contributed by atoms with Gasteiger partial charge in [0.25, 0.3) is 0 Å². The summed E-state index contributed by atoms with van der Waals surface area (Å²) < 4.78 is 25.7. The van der Waals surface area contributed by atoms with Gasteiger partial charge in [-0.15, -0.1) is 0 Å². The van der Waals surface area contributed by atoms with E-state index < -0.39 is 0 Å². The average Bonchev–Trinajstić information content (AvgIpc) is 3.42. The summed E-state index contributed by atoms with van der Waals surface area (Å²) in [5.41, 5.74) is 2.68. The lowest BCUT2D eigenvalue weighted by Crippen LogP contribution is -2.25. The molecule has 2 fully saturated rings. The second-order valence-electron chi connectivity index (χ2n) is 6.47. The molecule has 0 atom stereocenters. The predicted molar refractivity (Wildman–Crippen MR) is 88.3 cm³/mol. The minimum atomic E-state index is -0.132. The third-order valence-corrected chi connectivity index (χ3v) is 4.68. The van der Waals surface area contributed by atoms with Crippen molar-refractivity contribution < 1.29 is 13.9 Å². The molecule has 1 saturated carbocycles. The topological polar surface area (TPSA) is 18.5 Å². The number of benzene rings is 2. The molecule has 23 heavy (non-hydrogen) atoms. The lowest BCUT2D eigenvalue weighted by atomic mass is 10.0. The van der Waals surface area contributed by atoms with Crippen LogP contribution in [-0.2, 0) is 4.74 Å². The second-order valence-corrected chi connectivity index (χ2v) is 6.47. The van der Waals surface area contributed by atoms with Crippen molar-refractivity contribution in [3.8, 4) is 16.9 Å². The highest BCUT2D eigenvalue weighted by atomic mass is 19.1. The minimum absolute atomic E-state index is 0.132. The Balaban J connectivity index is 1.48. The van der Waals surface area contributed by atoms with Gasteiger partial charge in [0, 0.05) is 18.4 Å². The molecule has 0 aromatic heterocycles. The average molecular weight is 312 g/mol. The number of halogens is 1. The van der Waals surface area contributed by atoms with Crippen LogP contribution in [0.3, 0.4) is 0 Å². The van der Waals surface area contributed by atoms with E-state index in [9.17, 15) is 4.39 Å². The normalized spacial score (nSPS) is 18.8. The highest BCUT2D eigenvalue weighted by molar-refractivity contribution is 5.65. The Morgan fingerprint density at radius 1 is 0.913 bits per heavy atom. The maximum atomic E-state index is 14.4. The third-order valence-electron chi connectivity index (χ3n) is 4.68. The number of hydrogen-bond donors (Lipinski definition) is 0. The molecule has 0 N–H and O–H groups in total. The van der Waals surface area contributed by atoms with E-state index in [1.54, 1.807) is 6.07 Å². The van der Waals surface area contributed by atoms with Crippen molar-refractivity contribution in [2.24, 2.45) is 0 Å². The standard InChI is InChI=1S/C20H21FO2/c21-20-13-16(14-1-2-14)5-8-19(20)15-3-6-17(7-4-15)23-18-9-11-22-12-10-18/h3-8,13-14,18H,1-2,9-12H2. The van der Waals surface area contributed by atoms with E-state index in [4.69, 9.17) is 9.47 Å². The molecule has 0 spiro atoms. The Bertz CT molecular complexity index is 671. The highest BCUT2D eigenvalue weighted by Gasteiger charge is 2.24.